The summed E-state index contributed by atoms with van der Waals surface area (Å²) >= 11 is 0. The fourth-order valence-corrected chi connectivity index (χ4v) is 3.89. The van der Waals surface area contributed by atoms with Crippen molar-refractivity contribution in [3.63, 3.8) is 0 Å². The van der Waals surface area contributed by atoms with Gasteiger partial charge in [-0.3, -0.25) is 4.72 Å². The smallest absolute Gasteiger partial charge is 0.283 e. The fraction of sp³-hybridized carbons (Fsp3) is 0.0714. The second kappa shape index (κ2) is 6.49. The number of anilines is 2. The molecular formula is C14H16N4O4S2. The molecule has 8 nitrogen and oxygen atoms in total. The fourth-order valence-electron chi connectivity index (χ4n) is 1.79. The summed E-state index contributed by atoms with van der Waals surface area (Å²) in [6.07, 6.45) is 0. The average molecular weight is 368 g/mol. The number of rotatable bonds is 4. The molecule has 0 aliphatic heterocycles. The van der Waals surface area contributed by atoms with E-state index in [1.807, 2.05) is 0 Å². The number of benzene rings is 2. The molecular weight excluding hydrogens is 352 g/mol. The van der Waals surface area contributed by atoms with Gasteiger partial charge >= 0.3 is 0 Å². The second-order valence-corrected chi connectivity index (χ2v) is 8.18. The van der Waals surface area contributed by atoms with Gasteiger partial charge in [-0.1, -0.05) is 0 Å². The Morgan fingerprint density at radius 2 is 1.25 bits per heavy atom. The van der Waals surface area contributed by atoms with Crippen molar-refractivity contribution in [1.82, 2.24) is 4.72 Å². The Morgan fingerprint density at radius 1 is 0.833 bits per heavy atom. The van der Waals surface area contributed by atoms with E-state index in [-0.39, 0.29) is 15.6 Å². The molecule has 0 bridgehead atoms. The lowest BCUT2D eigenvalue weighted by atomic mass is 10.3. The predicted molar refractivity (Wildman–Crippen MR) is 92.3 cm³/mol. The summed E-state index contributed by atoms with van der Waals surface area (Å²) in [4.78, 5) is -0.154. The van der Waals surface area contributed by atoms with E-state index in [0.29, 0.717) is 11.4 Å². The number of nitrogens with zero attached hydrogens (tertiary/aromatic N) is 1. The van der Waals surface area contributed by atoms with Crippen LogP contribution in [0.3, 0.4) is 0 Å². The molecule has 0 atom stereocenters. The number of nitrogen functional groups attached to an aromatic ring is 2. The highest BCUT2D eigenvalue weighted by atomic mass is 32.2. The SMILES string of the molecule is C/C(=N\S(=O)(=O)c1ccc(N)cc1)NS(=O)(=O)c1ccc(N)cc1. The van der Waals surface area contributed by atoms with Gasteiger partial charge in [-0.25, -0.2) is 8.42 Å². The Balaban J connectivity index is 2.27. The molecule has 24 heavy (non-hydrogen) atoms. The van der Waals surface area contributed by atoms with Crippen molar-refractivity contribution >= 4 is 37.3 Å². The maximum absolute atomic E-state index is 12.2. The van der Waals surface area contributed by atoms with E-state index in [1.54, 1.807) is 0 Å². The Bertz CT molecular complexity index is 964. The van der Waals surface area contributed by atoms with E-state index in [4.69, 9.17) is 11.5 Å². The minimum atomic E-state index is -4.05. The molecule has 10 heteroatoms. The van der Waals surface area contributed by atoms with Crippen molar-refractivity contribution in [3.8, 4) is 0 Å². The van der Waals surface area contributed by atoms with Crippen molar-refractivity contribution in [3.05, 3.63) is 48.5 Å². The number of nitrogens with one attached hydrogen (secondary N) is 1. The minimum absolute atomic E-state index is 0.0591. The van der Waals surface area contributed by atoms with Crippen LogP contribution < -0.4 is 16.2 Å². The lowest BCUT2D eigenvalue weighted by molar-refractivity contribution is 0.592. The molecule has 0 unspecified atom stereocenters. The van der Waals surface area contributed by atoms with E-state index in [0.717, 1.165) is 0 Å². The molecule has 0 aliphatic rings. The Morgan fingerprint density at radius 3 is 1.71 bits per heavy atom. The molecule has 0 aromatic heterocycles. The highest BCUT2D eigenvalue weighted by molar-refractivity contribution is 7.91. The van der Waals surface area contributed by atoms with E-state index in [2.05, 4.69) is 9.12 Å². The first-order valence-corrected chi connectivity index (χ1v) is 9.58. The Hall–Kier alpha value is -2.59. The summed E-state index contributed by atoms with van der Waals surface area (Å²) in [5.74, 6) is -0.288. The van der Waals surface area contributed by atoms with Gasteiger partial charge in [0, 0.05) is 11.4 Å². The quantitative estimate of drug-likeness (QED) is 0.416. The molecule has 0 amide bonds. The molecule has 5 N–H and O–H groups in total. The van der Waals surface area contributed by atoms with Crippen LogP contribution in [0, 0.1) is 0 Å². The molecule has 2 aromatic rings. The van der Waals surface area contributed by atoms with Gasteiger partial charge in [0.05, 0.1) is 9.79 Å². The van der Waals surface area contributed by atoms with Crippen LogP contribution in [0.1, 0.15) is 6.92 Å². The summed E-state index contributed by atoms with van der Waals surface area (Å²) in [5, 5.41) is 0. The molecule has 0 fully saturated rings. The van der Waals surface area contributed by atoms with Crippen molar-refractivity contribution in [2.75, 3.05) is 11.5 Å². The maximum Gasteiger partial charge on any atom is 0.283 e. The maximum atomic E-state index is 12.2. The van der Waals surface area contributed by atoms with E-state index >= 15 is 0 Å². The van der Waals surface area contributed by atoms with E-state index < -0.39 is 20.0 Å². The van der Waals surface area contributed by atoms with E-state index in [1.165, 1.54) is 55.5 Å². The molecule has 2 aromatic carbocycles. The third-order valence-corrected chi connectivity index (χ3v) is 5.75. The Kier molecular flexibility index (Phi) is 4.81. The van der Waals surface area contributed by atoms with Gasteiger partial charge < -0.3 is 11.5 Å². The van der Waals surface area contributed by atoms with Gasteiger partial charge in [0.1, 0.15) is 5.84 Å². The van der Waals surface area contributed by atoms with Crippen LogP contribution in [0.15, 0.2) is 62.7 Å². The predicted octanol–water partition coefficient (Wildman–Crippen LogP) is 0.937. The number of nitrogens with two attached hydrogens (primary N) is 2. The molecule has 0 saturated heterocycles. The first-order chi connectivity index (χ1) is 11.1. The standard InChI is InChI=1S/C14H16N4O4S2/c1-10(17-23(19,20)13-6-2-11(15)3-7-13)18-24(21,22)14-8-4-12(16)5-9-14/h2-9H,15-16H2,1H3,(H,17,18). The number of hydrogen-bond acceptors (Lipinski definition) is 6. The zero-order valence-corrected chi connectivity index (χ0v) is 14.3. The Labute approximate surface area is 140 Å². The van der Waals surface area contributed by atoms with Crippen LogP contribution in [0.25, 0.3) is 0 Å². The molecule has 0 spiro atoms. The minimum Gasteiger partial charge on any atom is -0.399 e. The number of amidine groups is 1. The molecule has 0 saturated carbocycles. The van der Waals surface area contributed by atoms with Crippen molar-refractivity contribution in [2.24, 2.45) is 4.40 Å². The van der Waals surface area contributed by atoms with Gasteiger partial charge in [-0.15, -0.1) is 4.40 Å². The normalized spacial score (nSPS) is 12.8. The van der Waals surface area contributed by atoms with Gasteiger partial charge in [0.2, 0.25) is 0 Å². The zero-order valence-electron chi connectivity index (χ0n) is 12.7. The summed E-state index contributed by atoms with van der Waals surface area (Å²) in [6, 6.07) is 10.9. The van der Waals surface area contributed by atoms with Crippen molar-refractivity contribution in [2.45, 2.75) is 16.7 Å². The topological polar surface area (TPSA) is 145 Å². The van der Waals surface area contributed by atoms with E-state index in [9.17, 15) is 16.8 Å². The first kappa shape index (κ1) is 17.8. The van der Waals surface area contributed by atoms with Crippen LogP contribution >= 0.6 is 0 Å². The summed E-state index contributed by atoms with van der Waals surface area (Å²) in [6.45, 7) is 1.24. The van der Waals surface area contributed by atoms with Gasteiger partial charge in [0.15, 0.2) is 0 Å². The third-order valence-electron chi connectivity index (χ3n) is 2.91. The van der Waals surface area contributed by atoms with Crippen molar-refractivity contribution < 1.29 is 16.8 Å². The van der Waals surface area contributed by atoms with Crippen LogP contribution in [-0.4, -0.2) is 22.7 Å². The lowest BCUT2D eigenvalue weighted by Gasteiger charge is -2.08. The summed E-state index contributed by atoms with van der Waals surface area (Å²) in [7, 11) is -8.01. The third kappa shape index (κ3) is 4.24. The molecule has 128 valence electrons. The molecule has 0 aliphatic carbocycles. The number of hydrogen-bond donors (Lipinski definition) is 3. The zero-order chi connectivity index (χ0) is 18.0. The monoisotopic (exact) mass is 368 g/mol. The van der Waals surface area contributed by atoms with Crippen molar-refractivity contribution in [1.29, 1.82) is 0 Å². The number of sulfonamides is 2. The average Bonchev–Trinajstić information content (AvgIpc) is 2.46. The summed E-state index contributed by atoms with van der Waals surface area (Å²) < 4.78 is 54.2. The molecule has 0 heterocycles. The summed E-state index contributed by atoms with van der Waals surface area (Å²) in [5.41, 5.74) is 11.8. The van der Waals surface area contributed by atoms with Crippen LogP contribution in [0.5, 0.6) is 0 Å². The van der Waals surface area contributed by atoms with Gasteiger partial charge in [-0.05, 0) is 55.5 Å². The second-order valence-electron chi connectivity index (χ2n) is 4.90. The van der Waals surface area contributed by atoms with Crippen LogP contribution in [0.2, 0.25) is 0 Å². The van der Waals surface area contributed by atoms with Crippen LogP contribution in [-0.2, 0) is 20.0 Å². The molecule has 0 radical (unpaired) electrons. The highest BCUT2D eigenvalue weighted by Crippen LogP contribution is 2.15. The first-order valence-electron chi connectivity index (χ1n) is 6.66. The largest absolute Gasteiger partial charge is 0.399 e. The van der Waals surface area contributed by atoms with Gasteiger partial charge in [-0.2, -0.15) is 8.42 Å². The van der Waals surface area contributed by atoms with Crippen LogP contribution in [0.4, 0.5) is 11.4 Å². The molecule has 2 rings (SSSR count). The van der Waals surface area contributed by atoms with Gasteiger partial charge in [0.25, 0.3) is 20.0 Å². The lowest BCUT2D eigenvalue weighted by Crippen LogP contribution is -2.29. The highest BCUT2D eigenvalue weighted by Gasteiger charge is 2.17.